The molecule has 3 aromatic heterocycles. The molecule has 0 aliphatic heterocycles. The van der Waals surface area contributed by atoms with Gasteiger partial charge in [0.15, 0.2) is 11.5 Å². The van der Waals surface area contributed by atoms with Gasteiger partial charge in [-0.1, -0.05) is 5.16 Å². The summed E-state index contributed by atoms with van der Waals surface area (Å²) in [5, 5.41) is 10.7. The lowest BCUT2D eigenvalue weighted by Gasteiger charge is -2.03. The number of hydrogen-bond acceptors (Lipinski definition) is 5. The molecular weight excluding hydrogens is 282 g/mol. The molecule has 0 aromatic carbocycles. The second kappa shape index (κ2) is 6.66. The standard InChI is InChI=1S/C15H15N5O2/c21-15(17-6-2-8-20-9-3-7-18-20)13-10-14(22-19-13)12-4-1-5-16-11-12/h1,3-5,7,9-11H,2,6,8H2,(H,17,21). The lowest BCUT2D eigenvalue weighted by molar-refractivity contribution is 0.0943. The number of carbonyl (C=O) groups excluding carboxylic acids is 1. The molecule has 0 saturated carbocycles. The number of carbonyl (C=O) groups is 1. The van der Waals surface area contributed by atoms with Crippen LogP contribution >= 0.6 is 0 Å². The Morgan fingerprint density at radius 3 is 3.05 bits per heavy atom. The van der Waals surface area contributed by atoms with Crippen molar-refractivity contribution < 1.29 is 9.32 Å². The summed E-state index contributed by atoms with van der Waals surface area (Å²) in [5.74, 6) is 0.272. The van der Waals surface area contributed by atoms with E-state index in [4.69, 9.17) is 4.52 Å². The van der Waals surface area contributed by atoms with Crippen molar-refractivity contribution in [1.82, 2.24) is 25.2 Å². The van der Waals surface area contributed by atoms with Crippen molar-refractivity contribution in [1.29, 1.82) is 0 Å². The van der Waals surface area contributed by atoms with Crippen LogP contribution in [0.1, 0.15) is 16.9 Å². The van der Waals surface area contributed by atoms with Gasteiger partial charge in [0.2, 0.25) is 0 Å². The predicted molar refractivity (Wildman–Crippen MR) is 78.9 cm³/mol. The number of rotatable bonds is 6. The van der Waals surface area contributed by atoms with Gasteiger partial charge < -0.3 is 9.84 Å². The molecule has 3 aromatic rings. The van der Waals surface area contributed by atoms with Crippen LogP contribution in [0.4, 0.5) is 0 Å². The van der Waals surface area contributed by atoms with Gasteiger partial charge in [-0.05, 0) is 24.6 Å². The zero-order valence-electron chi connectivity index (χ0n) is 11.8. The first-order chi connectivity index (χ1) is 10.8. The molecule has 0 aliphatic rings. The minimum Gasteiger partial charge on any atom is -0.355 e. The highest BCUT2D eigenvalue weighted by Crippen LogP contribution is 2.18. The molecule has 0 fully saturated rings. The molecule has 7 nitrogen and oxygen atoms in total. The number of aryl methyl sites for hydroxylation is 1. The Hall–Kier alpha value is -2.96. The van der Waals surface area contributed by atoms with Crippen LogP contribution in [-0.4, -0.2) is 32.4 Å². The van der Waals surface area contributed by atoms with Gasteiger partial charge in [0, 0.05) is 49.5 Å². The molecule has 112 valence electrons. The summed E-state index contributed by atoms with van der Waals surface area (Å²) in [6.45, 7) is 1.31. The Labute approximate surface area is 127 Å². The first kappa shape index (κ1) is 14.0. The average Bonchev–Trinajstić information content (AvgIpc) is 3.24. The van der Waals surface area contributed by atoms with Gasteiger partial charge >= 0.3 is 0 Å². The monoisotopic (exact) mass is 297 g/mol. The molecule has 7 heteroatoms. The van der Waals surface area contributed by atoms with E-state index < -0.39 is 0 Å². The number of amides is 1. The van der Waals surface area contributed by atoms with Gasteiger partial charge in [-0.15, -0.1) is 0 Å². The minimum absolute atomic E-state index is 0.251. The topological polar surface area (TPSA) is 85.8 Å². The fourth-order valence-electron chi connectivity index (χ4n) is 1.99. The summed E-state index contributed by atoms with van der Waals surface area (Å²) in [6.07, 6.45) is 7.74. The van der Waals surface area contributed by atoms with E-state index >= 15 is 0 Å². The highest BCUT2D eigenvalue weighted by Gasteiger charge is 2.13. The van der Waals surface area contributed by atoms with Crippen LogP contribution in [0.5, 0.6) is 0 Å². The summed E-state index contributed by atoms with van der Waals surface area (Å²) in [4.78, 5) is 16.0. The van der Waals surface area contributed by atoms with Crippen molar-refractivity contribution in [2.75, 3.05) is 6.54 Å². The smallest absolute Gasteiger partial charge is 0.273 e. The lowest BCUT2D eigenvalue weighted by Crippen LogP contribution is -2.25. The van der Waals surface area contributed by atoms with E-state index in [1.165, 1.54) is 0 Å². The highest BCUT2D eigenvalue weighted by molar-refractivity contribution is 5.93. The predicted octanol–water partition coefficient (Wildman–Crippen LogP) is 1.75. The maximum Gasteiger partial charge on any atom is 0.273 e. The second-order valence-electron chi connectivity index (χ2n) is 4.70. The molecule has 0 unspecified atom stereocenters. The van der Waals surface area contributed by atoms with E-state index in [1.807, 2.05) is 23.0 Å². The SMILES string of the molecule is O=C(NCCCn1cccn1)c1cc(-c2cccnc2)on1. The molecule has 1 N–H and O–H groups in total. The third-order valence-corrected chi connectivity index (χ3v) is 3.10. The molecule has 0 bridgehead atoms. The zero-order chi connectivity index (χ0) is 15.2. The molecule has 0 spiro atoms. The molecular formula is C15H15N5O2. The molecule has 0 atom stereocenters. The van der Waals surface area contributed by atoms with Crippen LogP contribution in [0.2, 0.25) is 0 Å². The summed E-state index contributed by atoms with van der Waals surface area (Å²) in [6, 6.07) is 7.12. The van der Waals surface area contributed by atoms with E-state index in [0.29, 0.717) is 12.3 Å². The quantitative estimate of drug-likeness (QED) is 0.701. The molecule has 0 radical (unpaired) electrons. The van der Waals surface area contributed by atoms with Crippen LogP contribution < -0.4 is 5.32 Å². The molecule has 1 amide bonds. The zero-order valence-corrected chi connectivity index (χ0v) is 11.8. The van der Waals surface area contributed by atoms with E-state index in [1.54, 1.807) is 30.7 Å². The van der Waals surface area contributed by atoms with Gasteiger partial charge in [-0.2, -0.15) is 5.10 Å². The summed E-state index contributed by atoms with van der Waals surface area (Å²) < 4.78 is 6.99. The minimum atomic E-state index is -0.251. The second-order valence-corrected chi connectivity index (χ2v) is 4.70. The molecule has 22 heavy (non-hydrogen) atoms. The van der Waals surface area contributed by atoms with Crippen LogP contribution in [0.15, 0.2) is 53.6 Å². The van der Waals surface area contributed by atoms with Crippen molar-refractivity contribution >= 4 is 5.91 Å². The van der Waals surface area contributed by atoms with E-state index in [9.17, 15) is 4.79 Å². The van der Waals surface area contributed by atoms with Crippen LogP contribution in [0.25, 0.3) is 11.3 Å². The maximum absolute atomic E-state index is 12.0. The maximum atomic E-state index is 12.0. The van der Waals surface area contributed by atoms with Gasteiger partial charge in [-0.3, -0.25) is 14.5 Å². The molecule has 0 saturated heterocycles. The summed E-state index contributed by atoms with van der Waals surface area (Å²) in [7, 11) is 0. The van der Waals surface area contributed by atoms with Gasteiger partial charge in [0.25, 0.3) is 5.91 Å². The third kappa shape index (κ3) is 3.38. The van der Waals surface area contributed by atoms with Crippen molar-refractivity contribution in [3.05, 3.63) is 54.7 Å². The number of hydrogen-bond donors (Lipinski definition) is 1. The first-order valence-electron chi connectivity index (χ1n) is 6.96. The fraction of sp³-hybridized carbons (Fsp3) is 0.200. The Bertz CT molecular complexity index is 721. The Kier molecular flexibility index (Phi) is 4.24. The highest BCUT2D eigenvalue weighted by atomic mass is 16.5. The normalized spacial score (nSPS) is 10.5. The summed E-state index contributed by atoms with van der Waals surface area (Å²) in [5.41, 5.74) is 1.05. The van der Waals surface area contributed by atoms with Gasteiger partial charge in [0.1, 0.15) is 0 Å². The van der Waals surface area contributed by atoms with E-state index in [-0.39, 0.29) is 11.6 Å². The van der Waals surface area contributed by atoms with Gasteiger partial charge in [0.05, 0.1) is 0 Å². The van der Waals surface area contributed by atoms with Crippen LogP contribution in [-0.2, 0) is 6.54 Å². The Morgan fingerprint density at radius 2 is 2.27 bits per heavy atom. The van der Waals surface area contributed by atoms with Crippen LogP contribution in [0.3, 0.4) is 0 Å². The molecule has 3 heterocycles. The number of aromatic nitrogens is 4. The third-order valence-electron chi connectivity index (χ3n) is 3.10. The molecule has 0 aliphatic carbocycles. The average molecular weight is 297 g/mol. The Balaban J connectivity index is 1.51. The van der Waals surface area contributed by atoms with Gasteiger partial charge in [-0.25, -0.2) is 0 Å². The number of pyridine rings is 1. The van der Waals surface area contributed by atoms with Crippen molar-refractivity contribution in [3.63, 3.8) is 0 Å². The lowest BCUT2D eigenvalue weighted by atomic mass is 10.2. The van der Waals surface area contributed by atoms with Crippen molar-refractivity contribution in [2.45, 2.75) is 13.0 Å². The first-order valence-corrected chi connectivity index (χ1v) is 6.96. The molecule has 3 rings (SSSR count). The van der Waals surface area contributed by atoms with E-state index in [2.05, 4.69) is 20.6 Å². The van der Waals surface area contributed by atoms with Crippen molar-refractivity contribution in [3.8, 4) is 11.3 Å². The largest absolute Gasteiger partial charge is 0.355 e. The van der Waals surface area contributed by atoms with E-state index in [0.717, 1.165) is 18.5 Å². The van der Waals surface area contributed by atoms with Crippen molar-refractivity contribution in [2.24, 2.45) is 0 Å². The number of nitrogens with zero attached hydrogens (tertiary/aromatic N) is 4. The summed E-state index contributed by atoms with van der Waals surface area (Å²) >= 11 is 0. The fourth-order valence-corrected chi connectivity index (χ4v) is 1.99. The van der Waals surface area contributed by atoms with Crippen LogP contribution in [0, 0.1) is 0 Å². The number of nitrogens with one attached hydrogen (secondary N) is 1. The Morgan fingerprint density at radius 1 is 1.32 bits per heavy atom.